The average Bonchev–Trinajstić information content (AvgIpc) is 3.30. The smallest absolute Gasteiger partial charge is 0.284 e. The van der Waals surface area contributed by atoms with E-state index in [0.29, 0.717) is 24.0 Å². The number of carbonyl (C=O) groups is 1. The van der Waals surface area contributed by atoms with Crippen LogP contribution >= 0.6 is 11.8 Å². The van der Waals surface area contributed by atoms with Crippen LogP contribution in [0.15, 0.2) is 52.5 Å². The van der Waals surface area contributed by atoms with Crippen LogP contribution in [-0.4, -0.2) is 33.7 Å². The lowest BCUT2D eigenvalue weighted by molar-refractivity contribution is -0.384. The number of benzene rings is 1. The second-order valence-electron chi connectivity index (χ2n) is 6.33. The van der Waals surface area contributed by atoms with E-state index in [-0.39, 0.29) is 11.6 Å². The molecule has 1 aromatic heterocycles. The molecule has 1 fully saturated rings. The Labute approximate surface area is 159 Å². The molecule has 0 atom stereocenters. The predicted octanol–water partition coefficient (Wildman–Crippen LogP) is 3.82. The molecule has 0 N–H and O–H groups in total. The summed E-state index contributed by atoms with van der Waals surface area (Å²) in [7, 11) is 0. The Balaban J connectivity index is 1.56. The maximum absolute atomic E-state index is 12.3. The number of thioether (sulfide) groups is 1. The lowest BCUT2D eigenvalue weighted by atomic mass is 10.0. The third kappa shape index (κ3) is 3.72. The number of nitrogens with zero attached hydrogens (tertiary/aromatic N) is 3. The highest BCUT2D eigenvalue weighted by Gasteiger charge is 2.29. The average molecular weight is 383 g/mol. The minimum absolute atomic E-state index is 0.0434. The fourth-order valence-electron chi connectivity index (χ4n) is 3.16. The Bertz CT molecular complexity index is 940. The Morgan fingerprint density at radius 1 is 1.22 bits per heavy atom. The minimum Gasteiger partial charge on any atom is -0.381 e. The SMILES string of the molecule is O=C1N=C(C2CCOCC2)S/C1=C\c1cccn1-c1ccc([N+](=O)[O-])cc1. The molecular weight excluding hydrogens is 366 g/mol. The van der Waals surface area contributed by atoms with E-state index in [1.807, 2.05) is 29.0 Å². The fourth-order valence-corrected chi connectivity index (χ4v) is 4.23. The van der Waals surface area contributed by atoms with E-state index in [1.165, 1.54) is 23.9 Å². The molecule has 2 aliphatic heterocycles. The fraction of sp³-hybridized carbons (Fsp3) is 0.263. The Hall–Kier alpha value is -2.71. The van der Waals surface area contributed by atoms with Crippen LogP contribution in [0.5, 0.6) is 0 Å². The lowest BCUT2D eigenvalue weighted by Gasteiger charge is -2.20. The van der Waals surface area contributed by atoms with Crippen LogP contribution in [0.4, 0.5) is 5.69 Å². The Morgan fingerprint density at radius 2 is 1.96 bits per heavy atom. The largest absolute Gasteiger partial charge is 0.381 e. The van der Waals surface area contributed by atoms with Crippen molar-refractivity contribution < 1.29 is 14.5 Å². The number of amides is 1. The molecule has 1 aromatic carbocycles. The first-order valence-corrected chi connectivity index (χ1v) is 9.46. The quantitative estimate of drug-likeness (QED) is 0.455. The number of aromatic nitrogens is 1. The predicted molar refractivity (Wildman–Crippen MR) is 104 cm³/mol. The molecule has 0 bridgehead atoms. The summed E-state index contributed by atoms with van der Waals surface area (Å²) in [4.78, 5) is 27.6. The van der Waals surface area contributed by atoms with Gasteiger partial charge in [0.25, 0.3) is 11.6 Å². The van der Waals surface area contributed by atoms with Crippen molar-refractivity contribution in [3.63, 3.8) is 0 Å². The second kappa shape index (κ2) is 7.50. The van der Waals surface area contributed by atoms with Crippen LogP contribution in [0.2, 0.25) is 0 Å². The van der Waals surface area contributed by atoms with Crippen molar-refractivity contribution in [2.75, 3.05) is 13.2 Å². The van der Waals surface area contributed by atoms with Crippen molar-refractivity contribution in [2.45, 2.75) is 12.8 Å². The molecular formula is C19H17N3O4S. The van der Waals surface area contributed by atoms with Crippen molar-refractivity contribution in [1.82, 2.24) is 4.57 Å². The maximum Gasteiger partial charge on any atom is 0.284 e. The topological polar surface area (TPSA) is 86.7 Å². The number of non-ortho nitro benzene ring substituents is 1. The molecule has 4 rings (SSSR count). The van der Waals surface area contributed by atoms with E-state index in [4.69, 9.17) is 4.74 Å². The summed E-state index contributed by atoms with van der Waals surface area (Å²) in [6.45, 7) is 1.42. The molecule has 1 saturated heterocycles. The summed E-state index contributed by atoms with van der Waals surface area (Å²) in [5.41, 5.74) is 1.66. The third-order valence-electron chi connectivity index (χ3n) is 4.61. The summed E-state index contributed by atoms with van der Waals surface area (Å²) in [5.74, 6) is 0.0815. The zero-order valence-corrected chi connectivity index (χ0v) is 15.2. The molecule has 0 spiro atoms. The number of rotatable bonds is 4. The molecule has 27 heavy (non-hydrogen) atoms. The van der Waals surface area contributed by atoms with Crippen LogP contribution in [0.25, 0.3) is 11.8 Å². The highest BCUT2D eigenvalue weighted by atomic mass is 32.2. The number of ether oxygens (including phenoxy) is 1. The van der Waals surface area contributed by atoms with Gasteiger partial charge in [0.15, 0.2) is 0 Å². The summed E-state index contributed by atoms with van der Waals surface area (Å²) in [6.07, 6.45) is 5.47. The van der Waals surface area contributed by atoms with E-state index in [2.05, 4.69) is 4.99 Å². The van der Waals surface area contributed by atoms with Gasteiger partial charge >= 0.3 is 0 Å². The van der Waals surface area contributed by atoms with Gasteiger partial charge in [-0.2, -0.15) is 0 Å². The maximum atomic E-state index is 12.3. The van der Waals surface area contributed by atoms with E-state index in [0.717, 1.165) is 29.3 Å². The third-order valence-corrected chi connectivity index (χ3v) is 5.75. The standard InChI is InChI=1S/C19H17N3O4S/c23-18-17(27-19(20-18)13-7-10-26-11-8-13)12-16-2-1-9-21(16)14-3-5-15(6-4-14)22(24)25/h1-6,9,12-13H,7-8,10-11H2/b17-12-. The van der Waals surface area contributed by atoms with Gasteiger partial charge in [-0.15, -0.1) is 0 Å². The first-order valence-electron chi connectivity index (χ1n) is 8.64. The number of hydrogen-bond donors (Lipinski definition) is 0. The number of carbonyl (C=O) groups excluding carboxylic acids is 1. The summed E-state index contributed by atoms with van der Waals surface area (Å²) >= 11 is 1.44. The van der Waals surface area contributed by atoms with Crippen molar-refractivity contribution in [3.8, 4) is 5.69 Å². The normalized spacial score (nSPS) is 19.5. The van der Waals surface area contributed by atoms with Gasteiger partial charge in [-0.3, -0.25) is 14.9 Å². The first-order chi connectivity index (χ1) is 13.1. The van der Waals surface area contributed by atoms with E-state index < -0.39 is 4.92 Å². The van der Waals surface area contributed by atoms with Crippen LogP contribution in [0.1, 0.15) is 18.5 Å². The molecule has 8 heteroatoms. The number of nitro benzene ring substituents is 1. The summed E-state index contributed by atoms with van der Waals surface area (Å²) < 4.78 is 7.26. The van der Waals surface area contributed by atoms with E-state index in [9.17, 15) is 14.9 Å². The van der Waals surface area contributed by atoms with Gasteiger partial charge in [-0.25, -0.2) is 4.99 Å². The monoisotopic (exact) mass is 383 g/mol. The molecule has 1 amide bonds. The lowest BCUT2D eigenvalue weighted by Crippen LogP contribution is -2.20. The van der Waals surface area contributed by atoms with Gasteiger partial charge in [-0.05, 0) is 43.2 Å². The van der Waals surface area contributed by atoms with Crippen LogP contribution in [0, 0.1) is 16.0 Å². The summed E-state index contributed by atoms with van der Waals surface area (Å²) in [6, 6.07) is 10.1. The molecule has 138 valence electrons. The molecule has 0 unspecified atom stereocenters. The number of aliphatic imine (C=N–C) groups is 1. The van der Waals surface area contributed by atoms with Crippen molar-refractivity contribution in [2.24, 2.45) is 10.9 Å². The Morgan fingerprint density at radius 3 is 2.67 bits per heavy atom. The summed E-state index contributed by atoms with van der Waals surface area (Å²) in [5, 5.41) is 11.7. The van der Waals surface area contributed by atoms with E-state index in [1.54, 1.807) is 12.1 Å². The van der Waals surface area contributed by atoms with Gasteiger partial charge in [0.2, 0.25) is 0 Å². The van der Waals surface area contributed by atoms with Gasteiger partial charge in [-0.1, -0.05) is 11.8 Å². The molecule has 3 heterocycles. The molecule has 0 aliphatic carbocycles. The van der Waals surface area contributed by atoms with Gasteiger partial charge < -0.3 is 9.30 Å². The molecule has 2 aromatic rings. The van der Waals surface area contributed by atoms with Crippen LogP contribution in [-0.2, 0) is 9.53 Å². The van der Waals surface area contributed by atoms with Gasteiger partial charge in [0, 0.05) is 48.8 Å². The number of nitro groups is 1. The highest BCUT2D eigenvalue weighted by molar-refractivity contribution is 8.18. The second-order valence-corrected chi connectivity index (χ2v) is 7.39. The molecule has 7 nitrogen and oxygen atoms in total. The molecule has 0 radical (unpaired) electrons. The molecule has 2 aliphatic rings. The van der Waals surface area contributed by atoms with Gasteiger partial charge in [0.05, 0.1) is 14.9 Å². The highest BCUT2D eigenvalue weighted by Crippen LogP contribution is 2.35. The van der Waals surface area contributed by atoms with Crippen molar-refractivity contribution in [3.05, 3.63) is 63.3 Å². The first kappa shape index (κ1) is 17.7. The minimum atomic E-state index is -0.425. The number of hydrogen-bond acceptors (Lipinski definition) is 5. The van der Waals surface area contributed by atoms with Crippen LogP contribution in [0.3, 0.4) is 0 Å². The van der Waals surface area contributed by atoms with Crippen molar-refractivity contribution in [1.29, 1.82) is 0 Å². The van der Waals surface area contributed by atoms with Crippen LogP contribution < -0.4 is 0 Å². The Kier molecular flexibility index (Phi) is 4.91. The molecule has 0 saturated carbocycles. The van der Waals surface area contributed by atoms with Gasteiger partial charge in [0.1, 0.15) is 0 Å². The van der Waals surface area contributed by atoms with Crippen molar-refractivity contribution >= 4 is 34.5 Å². The zero-order valence-electron chi connectivity index (χ0n) is 14.4. The van der Waals surface area contributed by atoms with E-state index >= 15 is 0 Å². The zero-order chi connectivity index (χ0) is 18.8.